The summed E-state index contributed by atoms with van der Waals surface area (Å²) in [4.78, 5) is 8.38. The van der Waals surface area contributed by atoms with Crippen molar-refractivity contribution in [2.45, 2.75) is 6.92 Å². The maximum Gasteiger partial charge on any atom is 0.128 e. The van der Waals surface area contributed by atoms with Gasteiger partial charge in [0.25, 0.3) is 0 Å². The van der Waals surface area contributed by atoms with Gasteiger partial charge in [-0.2, -0.15) is 0 Å². The monoisotopic (exact) mass is 311 g/mol. The molecule has 0 aliphatic heterocycles. The Morgan fingerprint density at radius 3 is 2.40 bits per heavy atom. The van der Waals surface area contributed by atoms with Crippen LogP contribution in [-0.2, 0) is 0 Å². The topological polar surface area (TPSA) is 51.8 Å². The average molecular weight is 311 g/mol. The number of benzene rings is 1. The minimum Gasteiger partial charge on any atom is -0.384 e. The third-order valence-electron chi connectivity index (χ3n) is 2.00. The van der Waals surface area contributed by atoms with Crippen LogP contribution in [0.4, 0.5) is 5.82 Å². The molecule has 0 radical (unpaired) electrons. The van der Waals surface area contributed by atoms with Crippen LogP contribution in [0.3, 0.4) is 0 Å². The first-order chi connectivity index (χ1) is 7.15. The van der Waals surface area contributed by atoms with Crippen molar-refractivity contribution in [2.24, 2.45) is 0 Å². The van der Waals surface area contributed by atoms with E-state index >= 15 is 0 Å². The quantitative estimate of drug-likeness (QED) is 0.824. The molecule has 0 unspecified atom stereocenters. The van der Waals surface area contributed by atoms with Gasteiger partial charge in [-0.05, 0) is 41.6 Å². The van der Waals surface area contributed by atoms with Gasteiger partial charge in [-0.25, -0.2) is 9.97 Å². The number of anilines is 1. The molecule has 0 aliphatic carbocycles. The molecule has 2 aromatic rings. The van der Waals surface area contributed by atoms with Gasteiger partial charge in [-0.15, -0.1) is 0 Å². The molecule has 2 N–H and O–H groups in total. The van der Waals surface area contributed by atoms with Crippen molar-refractivity contribution in [1.82, 2.24) is 9.97 Å². The number of hydrogen-bond acceptors (Lipinski definition) is 3. The van der Waals surface area contributed by atoms with Crippen LogP contribution in [0.1, 0.15) is 5.82 Å². The maximum absolute atomic E-state index is 5.67. The van der Waals surface area contributed by atoms with Gasteiger partial charge in [0.2, 0.25) is 0 Å². The summed E-state index contributed by atoms with van der Waals surface area (Å²) in [6.07, 6.45) is 0. The van der Waals surface area contributed by atoms with Gasteiger partial charge in [0.15, 0.2) is 0 Å². The zero-order valence-corrected chi connectivity index (χ0v) is 10.4. The van der Waals surface area contributed by atoms with Gasteiger partial charge in [0.1, 0.15) is 11.6 Å². The second kappa shape index (κ2) is 4.14. The van der Waals surface area contributed by atoms with Crippen molar-refractivity contribution in [3.63, 3.8) is 0 Å². The van der Waals surface area contributed by atoms with E-state index < -0.39 is 0 Å². The van der Waals surface area contributed by atoms with Crippen LogP contribution in [0.2, 0.25) is 0 Å². The Morgan fingerprint density at radius 2 is 1.80 bits per heavy atom. The zero-order chi connectivity index (χ0) is 10.8. The third-order valence-corrected chi connectivity index (χ3v) is 2.72. The van der Waals surface area contributed by atoms with Crippen molar-refractivity contribution in [3.8, 4) is 11.3 Å². The number of aromatic nitrogens is 2. The average Bonchev–Trinajstić information content (AvgIpc) is 2.17. The summed E-state index contributed by atoms with van der Waals surface area (Å²) in [6.45, 7) is 1.84. The Morgan fingerprint density at radius 1 is 1.13 bits per heavy atom. The third kappa shape index (κ3) is 2.44. The molecular weight excluding hydrogens is 301 g/mol. The van der Waals surface area contributed by atoms with Crippen LogP contribution >= 0.6 is 22.6 Å². The molecule has 0 saturated carbocycles. The van der Waals surface area contributed by atoms with Crippen molar-refractivity contribution in [1.29, 1.82) is 0 Å². The Bertz CT molecular complexity index is 459. The normalized spacial score (nSPS) is 10.3. The van der Waals surface area contributed by atoms with E-state index in [1.54, 1.807) is 6.07 Å². The van der Waals surface area contributed by atoms with Crippen LogP contribution in [-0.4, -0.2) is 9.97 Å². The molecule has 15 heavy (non-hydrogen) atoms. The molecule has 4 heteroatoms. The Hall–Kier alpha value is -1.17. The smallest absolute Gasteiger partial charge is 0.128 e. The molecule has 3 nitrogen and oxygen atoms in total. The first-order valence-electron chi connectivity index (χ1n) is 4.52. The predicted octanol–water partition coefficient (Wildman–Crippen LogP) is 2.64. The highest BCUT2D eigenvalue weighted by Gasteiger charge is 2.01. The van der Waals surface area contributed by atoms with Gasteiger partial charge in [0.05, 0.1) is 5.69 Å². The van der Waals surface area contributed by atoms with Crippen molar-refractivity contribution in [3.05, 3.63) is 39.7 Å². The minimum absolute atomic E-state index is 0.510. The lowest BCUT2D eigenvalue weighted by Crippen LogP contribution is -1.97. The van der Waals surface area contributed by atoms with E-state index in [0.29, 0.717) is 11.6 Å². The molecule has 0 fully saturated rings. The number of halogens is 1. The number of nitrogen functional groups attached to an aromatic ring is 1. The van der Waals surface area contributed by atoms with E-state index in [0.717, 1.165) is 11.3 Å². The van der Waals surface area contributed by atoms with Gasteiger partial charge >= 0.3 is 0 Å². The highest BCUT2D eigenvalue weighted by Crippen LogP contribution is 2.19. The fourth-order valence-corrected chi connectivity index (χ4v) is 1.72. The summed E-state index contributed by atoms with van der Waals surface area (Å²) >= 11 is 2.27. The van der Waals surface area contributed by atoms with E-state index in [-0.39, 0.29) is 0 Å². The summed E-state index contributed by atoms with van der Waals surface area (Å²) in [6, 6.07) is 9.94. The molecule has 0 atom stereocenters. The molecule has 0 spiro atoms. The molecule has 2 rings (SSSR count). The highest BCUT2D eigenvalue weighted by atomic mass is 127. The molecule has 1 heterocycles. The lowest BCUT2D eigenvalue weighted by Gasteiger charge is -2.03. The molecule has 1 aromatic heterocycles. The van der Waals surface area contributed by atoms with Gasteiger partial charge in [0, 0.05) is 15.2 Å². The second-order valence-corrected chi connectivity index (χ2v) is 4.48. The van der Waals surface area contributed by atoms with Crippen molar-refractivity contribution < 1.29 is 0 Å². The maximum atomic E-state index is 5.67. The molecular formula is C11H10IN3. The largest absolute Gasteiger partial charge is 0.384 e. The van der Waals surface area contributed by atoms with E-state index in [4.69, 9.17) is 5.73 Å². The van der Waals surface area contributed by atoms with Gasteiger partial charge in [-0.1, -0.05) is 12.1 Å². The fourth-order valence-electron chi connectivity index (χ4n) is 1.36. The van der Waals surface area contributed by atoms with Crippen molar-refractivity contribution in [2.75, 3.05) is 5.73 Å². The Balaban J connectivity index is 2.49. The van der Waals surface area contributed by atoms with E-state index in [1.165, 1.54) is 3.57 Å². The standard InChI is InChI=1S/C11H10IN3/c1-7-14-10(6-11(13)15-7)8-2-4-9(12)5-3-8/h2-6H,1H3,(H2,13,14,15). The number of aryl methyl sites for hydroxylation is 1. The number of nitrogens with zero attached hydrogens (tertiary/aromatic N) is 2. The first-order valence-corrected chi connectivity index (χ1v) is 5.60. The van der Waals surface area contributed by atoms with Crippen LogP contribution in [0, 0.1) is 10.5 Å². The Labute approximate surface area is 102 Å². The van der Waals surface area contributed by atoms with Crippen LogP contribution < -0.4 is 5.73 Å². The summed E-state index contributed by atoms with van der Waals surface area (Å²) in [5, 5.41) is 0. The molecule has 0 bridgehead atoms. The SMILES string of the molecule is Cc1nc(N)cc(-c2ccc(I)cc2)n1. The minimum atomic E-state index is 0.510. The van der Waals surface area contributed by atoms with E-state index in [9.17, 15) is 0 Å². The lowest BCUT2D eigenvalue weighted by atomic mass is 10.1. The van der Waals surface area contributed by atoms with Crippen molar-refractivity contribution >= 4 is 28.4 Å². The zero-order valence-electron chi connectivity index (χ0n) is 8.24. The molecule has 0 amide bonds. The summed E-state index contributed by atoms with van der Waals surface area (Å²) < 4.78 is 1.20. The number of hydrogen-bond donors (Lipinski definition) is 1. The fraction of sp³-hybridized carbons (Fsp3) is 0.0909. The van der Waals surface area contributed by atoms with Crippen LogP contribution in [0.5, 0.6) is 0 Å². The molecule has 0 aliphatic rings. The molecule has 76 valence electrons. The van der Waals surface area contributed by atoms with Gasteiger partial charge in [-0.3, -0.25) is 0 Å². The molecule has 0 saturated heterocycles. The second-order valence-electron chi connectivity index (χ2n) is 3.23. The summed E-state index contributed by atoms with van der Waals surface area (Å²) in [5.41, 5.74) is 7.61. The lowest BCUT2D eigenvalue weighted by molar-refractivity contribution is 1.07. The highest BCUT2D eigenvalue weighted by molar-refractivity contribution is 14.1. The van der Waals surface area contributed by atoms with E-state index in [2.05, 4.69) is 32.6 Å². The predicted molar refractivity (Wildman–Crippen MR) is 69.3 cm³/mol. The number of rotatable bonds is 1. The first kappa shape index (κ1) is 10.4. The summed E-state index contributed by atoms with van der Waals surface area (Å²) in [5.74, 6) is 1.21. The summed E-state index contributed by atoms with van der Waals surface area (Å²) in [7, 11) is 0. The number of nitrogens with two attached hydrogens (primary N) is 1. The van der Waals surface area contributed by atoms with Crippen LogP contribution in [0.15, 0.2) is 30.3 Å². The molecule has 1 aromatic carbocycles. The Kier molecular flexibility index (Phi) is 2.86. The van der Waals surface area contributed by atoms with Crippen LogP contribution in [0.25, 0.3) is 11.3 Å². The van der Waals surface area contributed by atoms with Gasteiger partial charge < -0.3 is 5.73 Å². The van der Waals surface area contributed by atoms with E-state index in [1.807, 2.05) is 31.2 Å².